The number of aromatic nitrogens is 3. The molecule has 0 aliphatic carbocycles. The van der Waals surface area contributed by atoms with Gasteiger partial charge in [-0.05, 0) is 30.3 Å². The van der Waals surface area contributed by atoms with Crippen LogP contribution >= 0.6 is 0 Å². The number of carbonyl (C=O) groups excluding carboxylic acids is 1. The highest BCUT2D eigenvalue weighted by atomic mass is 16.1. The Labute approximate surface area is 109 Å². The standard InChI is InChI=1S/C14H12N4O/c1-18-12-5-4-9(13(15)19)7-11(12)17-14(18)10-3-2-6-16-8-10/h2-8H,1H3,(H2,15,19). The van der Waals surface area contributed by atoms with Gasteiger partial charge in [0.25, 0.3) is 0 Å². The lowest BCUT2D eigenvalue weighted by molar-refractivity contribution is 0.100. The first-order valence-corrected chi connectivity index (χ1v) is 5.83. The maximum absolute atomic E-state index is 11.2. The fraction of sp³-hybridized carbons (Fsp3) is 0.0714. The Kier molecular flexibility index (Phi) is 2.52. The minimum absolute atomic E-state index is 0.449. The van der Waals surface area contributed by atoms with Crippen LogP contribution in [0.4, 0.5) is 0 Å². The second-order valence-electron chi connectivity index (χ2n) is 4.30. The molecule has 0 saturated heterocycles. The van der Waals surface area contributed by atoms with Crippen LogP contribution in [0.2, 0.25) is 0 Å². The molecule has 19 heavy (non-hydrogen) atoms. The van der Waals surface area contributed by atoms with Gasteiger partial charge in [0.1, 0.15) is 5.82 Å². The molecule has 5 nitrogen and oxygen atoms in total. The summed E-state index contributed by atoms with van der Waals surface area (Å²) in [5.41, 5.74) is 8.37. The number of primary amides is 1. The van der Waals surface area contributed by atoms with E-state index in [0.29, 0.717) is 5.56 Å². The van der Waals surface area contributed by atoms with Crippen molar-refractivity contribution in [2.24, 2.45) is 12.8 Å². The molecule has 94 valence electrons. The number of imidazole rings is 1. The Hall–Kier alpha value is -2.69. The highest BCUT2D eigenvalue weighted by Gasteiger charge is 2.11. The first-order valence-electron chi connectivity index (χ1n) is 5.83. The van der Waals surface area contributed by atoms with E-state index in [1.165, 1.54) is 0 Å². The molecule has 2 aromatic heterocycles. The second-order valence-corrected chi connectivity index (χ2v) is 4.30. The maximum atomic E-state index is 11.2. The molecule has 5 heteroatoms. The van der Waals surface area contributed by atoms with Crippen LogP contribution in [0.25, 0.3) is 22.4 Å². The molecule has 3 aromatic rings. The lowest BCUT2D eigenvalue weighted by atomic mass is 10.2. The van der Waals surface area contributed by atoms with Crippen molar-refractivity contribution in [2.75, 3.05) is 0 Å². The van der Waals surface area contributed by atoms with E-state index >= 15 is 0 Å². The number of fused-ring (bicyclic) bond motifs is 1. The van der Waals surface area contributed by atoms with E-state index in [9.17, 15) is 4.79 Å². The zero-order valence-corrected chi connectivity index (χ0v) is 10.4. The van der Waals surface area contributed by atoms with Gasteiger partial charge in [-0.25, -0.2) is 4.98 Å². The summed E-state index contributed by atoms with van der Waals surface area (Å²) in [6, 6.07) is 9.08. The Bertz CT molecular complexity index is 762. The quantitative estimate of drug-likeness (QED) is 0.754. The van der Waals surface area contributed by atoms with Gasteiger partial charge in [0.05, 0.1) is 11.0 Å². The van der Waals surface area contributed by atoms with Crippen LogP contribution in [-0.4, -0.2) is 20.4 Å². The first kappa shape index (κ1) is 11.4. The number of benzene rings is 1. The predicted molar refractivity (Wildman–Crippen MR) is 72.5 cm³/mol. The number of nitrogens with two attached hydrogens (primary N) is 1. The number of hydrogen-bond donors (Lipinski definition) is 1. The normalized spacial score (nSPS) is 10.8. The van der Waals surface area contributed by atoms with Crippen LogP contribution in [0, 0.1) is 0 Å². The van der Waals surface area contributed by atoms with Crippen LogP contribution in [-0.2, 0) is 7.05 Å². The molecule has 0 aliphatic rings. The van der Waals surface area contributed by atoms with E-state index in [1.54, 1.807) is 24.5 Å². The summed E-state index contributed by atoms with van der Waals surface area (Å²) in [6.45, 7) is 0. The number of carbonyl (C=O) groups is 1. The number of hydrogen-bond acceptors (Lipinski definition) is 3. The molecule has 2 heterocycles. The summed E-state index contributed by atoms with van der Waals surface area (Å²) >= 11 is 0. The predicted octanol–water partition coefficient (Wildman–Crippen LogP) is 1.73. The summed E-state index contributed by atoms with van der Waals surface area (Å²) in [4.78, 5) is 19.8. The van der Waals surface area contributed by atoms with E-state index < -0.39 is 5.91 Å². The Morgan fingerprint density at radius 2 is 2.16 bits per heavy atom. The van der Waals surface area contributed by atoms with Gasteiger partial charge in [0.15, 0.2) is 0 Å². The molecule has 0 fully saturated rings. The van der Waals surface area contributed by atoms with Crippen molar-refractivity contribution in [3.8, 4) is 11.4 Å². The number of rotatable bonds is 2. The molecule has 1 amide bonds. The first-order chi connectivity index (χ1) is 9.16. The topological polar surface area (TPSA) is 73.8 Å². The van der Waals surface area contributed by atoms with Crippen molar-refractivity contribution in [3.05, 3.63) is 48.3 Å². The number of nitrogens with zero attached hydrogens (tertiary/aromatic N) is 3. The third kappa shape index (κ3) is 1.85. The summed E-state index contributed by atoms with van der Waals surface area (Å²) in [7, 11) is 1.93. The average molecular weight is 252 g/mol. The number of pyridine rings is 1. The van der Waals surface area contributed by atoms with Gasteiger partial charge in [0.2, 0.25) is 5.91 Å². The molecule has 3 rings (SSSR count). The molecule has 0 bridgehead atoms. The van der Waals surface area contributed by atoms with E-state index in [1.807, 2.05) is 29.8 Å². The zero-order chi connectivity index (χ0) is 13.4. The molecule has 0 aliphatic heterocycles. The van der Waals surface area contributed by atoms with Crippen LogP contribution in [0.1, 0.15) is 10.4 Å². The summed E-state index contributed by atoms with van der Waals surface area (Å²) in [5, 5.41) is 0. The van der Waals surface area contributed by atoms with Gasteiger partial charge in [-0.2, -0.15) is 0 Å². The van der Waals surface area contributed by atoms with Crippen molar-refractivity contribution in [2.45, 2.75) is 0 Å². The summed E-state index contributed by atoms with van der Waals surface area (Å²) in [5.74, 6) is 0.361. The van der Waals surface area contributed by atoms with Crippen LogP contribution in [0.3, 0.4) is 0 Å². The third-order valence-corrected chi connectivity index (χ3v) is 3.09. The van der Waals surface area contributed by atoms with Gasteiger partial charge in [-0.1, -0.05) is 0 Å². The average Bonchev–Trinajstić information content (AvgIpc) is 2.76. The lowest BCUT2D eigenvalue weighted by Crippen LogP contribution is -2.10. The molecule has 2 N–H and O–H groups in total. The van der Waals surface area contributed by atoms with E-state index in [-0.39, 0.29) is 0 Å². The van der Waals surface area contributed by atoms with Crippen molar-refractivity contribution >= 4 is 16.9 Å². The fourth-order valence-corrected chi connectivity index (χ4v) is 2.11. The maximum Gasteiger partial charge on any atom is 0.248 e. The third-order valence-electron chi connectivity index (χ3n) is 3.09. The SMILES string of the molecule is Cn1c(-c2cccnc2)nc2cc(C(N)=O)ccc21. The van der Waals surface area contributed by atoms with Gasteiger partial charge in [-0.15, -0.1) is 0 Å². The van der Waals surface area contributed by atoms with Gasteiger partial charge in [-0.3, -0.25) is 9.78 Å². The molecule has 0 unspecified atom stereocenters. The minimum atomic E-state index is -0.449. The molecule has 0 atom stereocenters. The number of amides is 1. The van der Waals surface area contributed by atoms with Crippen molar-refractivity contribution < 1.29 is 4.79 Å². The largest absolute Gasteiger partial charge is 0.366 e. The molecular formula is C14H12N4O. The van der Waals surface area contributed by atoms with Crippen LogP contribution in [0.5, 0.6) is 0 Å². The molecule has 0 radical (unpaired) electrons. The molecule has 0 saturated carbocycles. The minimum Gasteiger partial charge on any atom is -0.366 e. The van der Waals surface area contributed by atoms with Crippen LogP contribution in [0.15, 0.2) is 42.7 Å². The highest BCUT2D eigenvalue weighted by Crippen LogP contribution is 2.23. The Balaban J connectivity index is 2.23. The van der Waals surface area contributed by atoms with Crippen LogP contribution < -0.4 is 5.73 Å². The molecular weight excluding hydrogens is 240 g/mol. The monoisotopic (exact) mass is 252 g/mol. The van der Waals surface area contributed by atoms with Crippen molar-refractivity contribution in [1.82, 2.24) is 14.5 Å². The van der Waals surface area contributed by atoms with E-state index in [2.05, 4.69) is 9.97 Å². The number of aryl methyl sites for hydroxylation is 1. The molecule has 1 aromatic carbocycles. The molecule has 0 spiro atoms. The Morgan fingerprint density at radius 3 is 2.84 bits per heavy atom. The van der Waals surface area contributed by atoms with Crippen molar-refractivity contribution in [3.63, 3.8) is 0 Å². The van der Waals surface area contributed by atoms with Gasteiger partial charge < -0.3 is 10.3 Å². The summed E-state index contributed by atoms with van der Waals surface area (Å²) < 4.78 is 1.97. The second kappa shape index (κ2) is 4.20. The fourth-order valence-electron chi connectivity index (χ4n) is 2.11. The van der Waals surface area contributed by atoms with Gasteiger partial charge in [0, 0.05) is 30.6 Å². The lowest BCUT2D eigenvalue weighted by Gasteiger charge is -2.01. The highest BCUT2D eigenvalue weighted by molar-refractivity contribution is 5.96. The smallest absolute Gasteiger partial charge is 0.248 e. The van der Waals surface area contributed by atoms with E-state index in [0.717, 1.165) is 22.4 Å². The van der Waals surface area contributed by atoms with Crippen molar-refractivity contribution in [1.29, 1.82) is 0 Å². The van der Waals surface area contributed by atoms with Gasteiger partial charge >= 0.3 is 0 Å². The van der Waals surface area contributed by atoms with E-state index in [4.69, 9.17) is 5.73 Å². The Morgan fingerprint density at radius 1 is 1.32 bits per heavy atom. The summed E-state index contributed by atoms with van der Waals surface area (Å²) in [6.07, 6.45) is 3.48. The zero-order valence-electron chi connectivity index (χ0n) is 10.4.